The van der Waals surface area contributed by atoms with Gasteiger partial charge >= 0.3 is 0 Å². The van der Waals surface area contributed by atoms with Crippen molar-refractivity contribution in [2.24, 2.45) is 0 Å². The SMILES string of the molecule is c1ccc(-c2nc(-c3ccccc3)nc(-c3cccc4oc5ccc(-c6cccc(-c7ccc8c9c7c7ccccc7c7cccc(c79)n8-c7ccccc7)c6)cc5c34)n2)cc1. The zero-order valence-corrected chi connectivity index (χ0v) is 33.3. The first-order chi connectivity index (χ1) is 30.7. The Morgan fingerprint density at radius 2 is 0.887 bits per heavy atom. The molecule has 0 bridgehead atoms. The summed E-state index contributed by atoms with van der Waals surface area (Å²) in [6.07, 6.45) is 0. The summed E-state index contributed by atoms with van der Waals surface area (Å²) >= 11 is 0. The van der Waals surface area contributed by atoms with Gasteiger partial charge in [0.05, 0.1) is 11.0 Å². The number of aromatic nitrogens is 4. The van der Waals surface area contributed by atoms with E-state index in [2.05, 4.69) is 138 Å². The molecule has 0 N–H and O–H groups in total. The van der Waals surface area contributed by atoms with Gasteiger partial charge < -0.3 is 8.98 Å². The molecule has 0 saturated carbocycles. The van der Waals surface area contributed by atoms with Gasteiger partial charge in [-0.3, -0.25) is 0 Å². The van der Waals surface area contributed by atoms with Crippen LogP contribution in [0.3, 0.4) is 0 Å². The molecule has 0 amide bonds. The van der Waals surface area contributed by atoms with E-state index in [1.807, 2.05) is 72.8 Å². The van der Waals surface area contributed by atoms with Crippen LogP contribution in [-0.2, 0) is 0 Å². The van der Waals surface area contributed by atoms with Crippen LogP contribution in [0, 0.1) is 0 Å². The van der Waals surface area contributed by atoms with Gasteiger partial charge in [0, 0.05) is 49.3 Å². The highest BCUT2D eigenvalue weighted by Crippen LogP contribution is 2.47. The number of benzene rings is 10. The average Bonchev–Trinajstić information content (AvgIpc) is 3.90. The zero-order chi connectivity index (χ0) is 40.7. The molecule has 5 nitrogen and oxygen atoms in total. The average molecular weight is 791 g/mol. The third kappa shape index (κ3) is 5.25. The molecule has 10 aromatic carbocycles. The van der Waals surface area contributed by atoms with Gasteiger partial charge in [-0.05, 0) is 86.9 Å². The number of hydrogen-bond acceptors (Lipinski definition) is 4. The molecule has 0 aliphatic carbocycles. The van der Waals surface area contributed by atoms with E-state index in [1.54, 1.807) is 0 Å². The maximum absolute atomic E-state index is 6.53. The Morgan fingerprint density at radius 3 is 1.66 bits per heavy atom. The van der Waals surface area contributed by atoms with Gasteiger partial charge in [0.25, 0.3) is 0 Å². The quantitative estimate of drug-likeness (QED) is 0.157. The molecule has 62 heavy (non-hydrogen) atoms. The number of nitrogens with zero attached hydrogens (tertiary/aromatic N) is 4. The Bertz CT molecular complexity index is 3790. The minimum atomic E-state index is 0.597. The Morgan fingerprint density at radius 1 is 0.306 bits per heavy atom. The Labute approximate surface area is 356 Å². The minimum Gasteiger partial charge on any atom is -0.456 e. The molecule has 3 heterocycles. The molecule has 0 saturated heterocycles. The van der Waals surface area contributed by atoms with Crippen molar-refractivity contribution >= 4 is 65.3 Å². The first kappa shape index (κ1) is 34.5. The third-order valence-electron chi connectivity index (χ3n) is 12.4. The lowest BCUT2D eigenvalue weighted by Crippen LogP contribution is -2.00. The molecule has 0 fully saturated rings. The zero-order valence-electron chi connectivity index (χ0n) is 33.3. The van der Waals surface area contributed by atoms with E-state index in [1.165, 1.54) is 54.5 Å². The maximum Gasteiger partial charge on any atom is 0.164 e. The van der Waals surface area contributed by atoms with Crippen molar-refractivity contribution in [3.63, 3.8) is 0 Å². The summed E-state index contributed by atoms with van der Waals surface area (Å²) in [6, 6.07) is 72.7. The van der Waals surface area contributed by atoms with E-state index < -0.39 is 0 Å². The van der Waals surface area contributed by atoms with Crippen LogP contribution in [0.2, 0.25) is 0 Å². The van der Waals surface area contributed by atoms with Gasteiger partial charge in [-0.15, -0.1) is 0 Å². The molecule has 288 valence electrons. The van der Waals surface area contributed by atoms with Crippen molar-refractivity contribution in [1.82, 2.24) is 19.5 Å². The summed E-state index contributed by atoms with van der Waals surface area (Å²) in [5, 5.41) is 9.65. The summed E-state index contributed by atoms with van der Waals surface area (Å²) in [5.41, 5.74) is 12.5. The molecule has 0 radical (unpaired) electrons. The van der Waals surface area contributed by atoms with Crippen LogP contribution in [0.25, 0.3) is 127 Å². The Balaban J connectivity index is 0.994. The van der Waals surface area contributed by atoms with Crippen LogP contribution in [0.5, 0.6) is 0 Å². The largest absolute Gasteiger partial charge is 0.456 e. The van der Waals surface area contributed by atoms with Crippen molar-refractivity contribution in [3.8, 4) is 62.1 Å². The number of hydrogen-bond donors (Lipinski definition) is 0. The topological polar surface area (TPSA) is 56.7 Å². The number of fused-ring (bicyclic) bond motifs is 6. The summed E-state index contributed by atoms with van der Waals surface area (Å²) in [5.74, 6) is 1.84. The van der Waals surface area contributed by atoms with Gasteiger partial charge in [-0.25, -0.2) is 15.0 Å². The summed E-state index contributed by atoms with van der Waals surface area (Å²) in [4.78, 5) is 15.1. The Hall–Kier alpha value is -8.41. The summed E-state index contributed by atoms with van der Waals surface area (Å²) in [6.45, 7) is 0. The fraction of sp³-hybridized carbons (Fsp3) is 0. The first-order valence-electron chi connectivity index (χ1n) is 20.9. The normalized spacial score (nSPS) is 11.9. The Kier molecular flexibility index (Phi) is 7.54. The molecule has 0 atom stereocenters. The predicted octanol–water partition coefficient (Wildman–Crippen LogP) is 14.9. The van der Waals surface area contributed by atoms with Crippen LogP contribution >= 0.6 is 0 Å². The summed E-state index contributed by atoms with van der Waals surface area (Å²) in [7, 11) is 0. The van der Waals surface area contributed by atoms with Gasteiger partial charge in [-0.1, -0.05) is 158 Å². The molecule has 0 aliphatic rings. The van der Waals surface area contributed by atoms with E-state index in [4.69, 9.17) is 19.4 Å². The van der Waals surface area contributed by atoms with E-state index in [0.29, 0.717) is 17.5 Å². The lowest BCUT2D eigenvalue weighted by atomic mass is 9.89. The first-order valence-corrected chi connectivity index (χ1v) is 20.9. The molecule has 13 rings (SSSR count). The molecule has 13 aromatic rings. The third-order valence-corrected chi connectivity index (χ3v) is 12.4. The molecular formula is C57H34N4O. The maximum atomic E-state index is 6.53. The minimum absolute atomic E-state index is 0.597. The van der Waals surface area contributed by atoms with Crippen LogP contribution < -0.4 is 0 Å². The second-order valence-corrected chi connectivity index (χ2v) is 15.9. The van der Waals surface area contributed by atoms with Gasteiger partial charge in [-0.2, -0.15) is 0 Å². The van der Waals surface area contributed by atoms with Crippen LogP contribution in [0.1, 0.15) is 0 Å². The van der Waals surface area contributed by atoms with Crippen LogP contribution in [0.15, 0.2) is 211 Å². The predicted molar refractivity (Wildman–Crippen MR) is 255 cm³/mol. The van der Waals surface area contributed by atoms with Gasteiger partial charge in [0.2, 0.25) is 0 Å². The fourth-order valence-corrected chi connectivity index (χ4v) is 9.67. The van der Waals surface area contributed by atoms with Crippen molar-refractivity contribution in [2.75, 3.05) is 0 Å². The van der Waals surface area contributed by atoms with Gasteiger partial charge in [0.1, 0.15) is 11.2 Å². The molecule has 0 unspecified atom stereocenters. The van der Waals surface area contributed by atoms with E-state index in [9.17, 15) is 0 Å². The van der Waals surface area contributed by atoms with Crippen LogP contribution in [-0.4, -0.2) is 19.5 Å². The number of furan rings is 1. The molecule has 5 heteroatoms. The van der Waals surface area contributed by atoms with Crippen LogP contribution in [0.4, 0.5) is 0 Å². The molecular weight excluding hydrogens is 757 g/mol. The fourth-order valence-electron chi connectivity index (χ4n) is 9.67. The second-order valence-electron chi connectivity index (χ2n) is 15.9. The second kappa shape index (κ2) is 13.6. The summed E-state index contributed by atoms with van der Waals surface area (Å²) < 4.78 is 8.96. The standard InChI is InChI=1S/C57H34N4O/c1-4-15-35(16-5-1)55-58-56(36-17-6-2-7-18-36)60-57(59-55)45-26-14-28-50-51(45)46-34-38(29-32-49(46)62-50)37-19-12-20-39(33-37)41-30-31-48-54-52(41)43-24-11-10-23-42(43)44-25-13-27-47(53(44)54)61(48)40-21-8-3-9-22-40/h1-34H. The smallest absolute Gasteiger partial charge is 0.164 e. The van der Waals surface area contributed by atoms with E-state index in [0.717, 1.165) is 55.4 Å². The number of rotatable bonds is 6. The highest BCUT2D eigenvalue weighted by molar-refractivity contribution is 6.36. The molecule has 3 aromatic heterocycles. The highest BCUT2D eigenvalue weighted by atomic mass is 16.3. The van der Waals surface area contributed by atoms with E-state index in [-0.39, 0.29) is 0 Å². The molecule has 0 spiro atoms. The lowest BCUT2D eigenvalue weighted by Gasteiger charge is -2.14. The number of para-hydroxylation sites is 1. The van der Waals surface area contributed by atoms with Crippen molar-refractivity contribution < 1.29 is 4.42 Å². The van der Waals surface area contributed by atoms with Crippen molar-refractivity contribution in [3.05, 3.63) is 206 Å². The molecule has 0 aliphatic heterocycles. The van der Waals surface area contributed by atoms with Gasteiger partial charge in [0.15, 0.2) is 17.5 Å². The monoisotopic (exact) mass is 790 g/mol. The highest BCUT2D eigenvalue weighted by Gasteiger charge is 2.23. The lowest BCUT2D eigenvalue weighted by molar-refractivity contribution is 0.669. The van der Waals surface area contributed by atoms with E-state index >= 15 is 0 Å². The van der Waals surface area contributed by atoms with Crippen molar-refractivity contribution in [1.29, 1.82) is 0 Å². The van der Waals surface area contributed by atoms with Crippen molar-refractivity contribution in [2.45, 2.75) is 0 Å².